The number of nitrogens with one attached hydrogen (secondary N) is 1. The normalized spacial score (nSPS) is 12.8. The van der Waals surface area contributed by atoms with Crippen molar-refractivity contribution in [3.05, 3.63) is 24.3 Å². The fraction of sp³-hybridized carbons (Fsp3) is 0.455. The Morgan fingerprint density at radius 3 is 2.18 bits per heavy atom. The van der Waals surface area contributed by atoms with Gasteiger partial charge in [0, 0.05) is 13.3 Å². The van der Waals surface area contributed by atoms with Gasteiger partial charge in [-0.3, -0.25) is 0 Å². The summed E-state index contributed by atoms with van der Waals surface area (Å²) in [5.74, 6) is 0. The van der Waals surface area contributed by atoms with Crippen molar-refractivity contribution in [1.82, 2.24) is 0 Å². The maximum atomic E-state index is 12.1. The van der Waals surface area contributed by atoms with Crippen molar-refractivity contribution in [2.75, 3.05) is 18.4 Å². The molecule has 0 bridgehead atoms. The Bertz CT molecular complexity index is 546. The third-order valence-electron chi connectivity index (χ3n) is 2.20. The van der Waals surface area contributed by atoms with E-state index < -0.39 is 22.4 Å². The van der Waals surface area contributed by atoms with E-state index >= 15 is 0 Å². The summed E-state index contributed by atoms with van der Waals surface area (Å²) in [7, 11) is -5.89. The molecule has 0 aromatic heterocycles. The first-order chi connectivity index (χ1) is 7.64. The summed E-state index contributed by atoms with van der Waals surface area (Å²) in [5, 5.41) is 2.29. The molecular weight excluding hydrogens is 257 g/mol. The SMILES string of the molecule is CC(C)S(=O)(=O)c1ccccc1NP(C)(C)=O. The lowest BCUT2D eigenvalue weighted by atomic mass is 10.3. The Kier molecular flexibility index (Phi) is 4.05. The molecule has 4 nitrogen and oxygen atoms in total. The molecule has 0 saturated carbocycles. The average Bonchev–Trinajstić information content (AvgIpc) is 2.15. The first-order valence-electron chi connectivity index (χ1n) is 5.31. The molecule has 1 N–H and O–H groups in total. The summed E-state index contributed by atoms with van der Waals surface area (Å²) in [6.07, 6.45) is 0. The third kappa shape index (κ3) is 3.58. The van der Waals surface area contributed by atoms with Crippen LogP contribution in [-0.2, 0) is 14.4 Å². The van der Waals surface area contributed by atoms with Crippen LogP contribution in [0.15, 0.2) is 29.2 Å². The number of sulfone groups is 1. The van der Waals surface area contributed by atoms with Gasteiger partial charge in [0.2, 0.25) is 0 Å². The molecule has 0 aliphatic rings. The van der Waals surface area contributed by atoms with Crippen LogP contribution < -0.4 is 5.09 Å². The predicted molar refractivity (Wildman–Crippen MR) is 71.8 cm³/mol. The zero-order valence-corrected chi connectivity index (χ0v) is 12.2. The van der Waals surface area contributed by atoms with Gasteiger partial charge in [-0.15, -0.1) is 0 Å². The Morgan fingerprint density at radius 2 is 1.71 bits per heavy atom. The third-order valence-corrected chi connectivity index (χ3v) is 5.19. The standard InChI is InChI=1S/C11H18NO3PS/c1-9(2)17(14,15)11-8-6-5-7-10(11)12-16(3,4)13/h5-9H,1-4H3,(H,12,13). The summed E-state index contributed by atoms with van der Waals surface area (Å²) in [4.78, 5) is 0.207. The van der Waals surface area contributed by atoms with Gasteiger partial charge in [0.1, 0.15) is 0 Å². The Balaban J connectivity index is 3.32. The molecule has 0 heterocycles. The highest BCUT2D eigenvalue weighted by atomic mass is 32.2. The van der Waals surface area contributed by atoms with Crippen LogP contribution >= 0.6 is 7.29 Å². The summed E-state index contributed by atoms with van der Waals surface area (Å²) in [5.41, 5.74) is 0.412. The molecule has 0 aliphatic carbocycles. The molecule has 0 saturated heterocycles. The highest BCUT2D eigenvalue weighted by Gasteiger charge is 2.23. The van der Waals surface area contributed by atoms with E-state index in [1.54, 1.807) is 45.4 Å². The van der Waals surface area contributed by atoms with E-state index in [2.05, 4.69) is 5.09 Å². The zero-order chi connectivity index (χ0) is 13.3. The van der Waals surface area contributed by atoms with Crippen LogP contribution in [0, 0.1) is 0 Å². The fourth-order valence-corrected chi connectivity index (χ4v) is 3.40. The second kappa shape index (κ2) is 4.83. The average molecular weight is 275 g/mol. The molecule has 6 heteroatoms. The van der Waals surface area contributed by atoms with E-state index in [0.717, 1.165) is 0 Å². The lowest BCUT2D eigenvalue weighted by Crippen LogP contribution is -2.15. The van der Waals surface area contributed by atoms with Crippen LogP contribution in [0.4, 0.5) is 5.69 Å². The Labute approximate surface area is 103 Å². The molecule has 0 spiro atoms. The number of rotatable bonds is 4. The van der Waals surface area contributed by atoms with Gasteiger partial charge in [-0.2, -0.15) is 0 Å². The van der Waals surface area contributed by atoms with Gasteiger partial charge in [-0.1, -0.05) is 12.1 Å². The largest absolute Gasteiger partial charge is 0.335 e. The summed E-state index contributed by atoms with van der Waals surface area (Å²) < 4.78 is 35.9. The molecule has 0 fully saturated rings. The molecule has 1 rings (SSSR count). The van der Waals surface area contributed by atoms with Gasteiger partial charge in [-0.25, -0.2) is 8.42 Å². The van der Waals surface area contributed by atoms with Crippen molar-refractivity contribution in [2.45, 2.75) is 24.0 Å². The second-order valence-electron chi connectivity index (χ2n) is 4.55. The van der Waals surface area contributed by atoms with Crippen LogP contribution in [0.2, 0.25) is 0 Å². The molecule has 17 heavy (non-hydrogen) atoms. The van der Waals surface area contributed by atoms with Crippen molar-refractivity contribution in [3.63, 3.8) is 0 Å². The predicted octanol–water partition coefficient (Wildman–Crippen LogP) is 2.82. The van der Waals surface area contributed by atoms with Gasteiger partial charge in [0.15, 0.2) is 17.1 Å². The Morgan fingerprint density at radius 1 is 1.18 bits per heavy atom. The van der Waals surface area contributed by atoms with Crippen molar-refractivity contribution < 1.29 is 13.0 Å². The lowest BCUT2D eigenvalue weighted by Gasteiger charge is -2.16. The minimum atomic E-state index is -3.36. The summed E-state index contributed by atoms with van der Waals surface area (Å²) in [6, 6.07) is 6.55. The quantitative estimate of drug-likeness (QED) is 0.858. The number of anilines is 1. The summed E-state index contributed by atoms with van der Waals surface area (Å²) in [6.45, 7) is 6.38. The maximum absolute atomic E-state index is 12.1. The van der Waals surface area contributed by atoms with Gasteiger partial charge in [0.05, 0.1) is 15.8 Å². The molecule has 0 atom stereocenters. The smallest absolute Gasteiger partial charge is 0.182 e. The van der Waals surface area contributed by atoms with E-state index in [9.17, 15) is 13.0 Å². The minimum Gasteiger partial charge on any atom is -0.335 e. The van der Waals surface area contributed by atoms with Crippen molar-refractivity contribution in [2.24, 2.45) is 0 Å². The highest BCUT2D eigenvalue weighted by Crippen LogP contribution is 2.39. The van der Waals surface area contributed by atoms with E-state index in [1.165, 1.54) is 6.07 Å². The van der Waals surface area contributed by atoms with Crippen molar-refractivity contribution in [3.8, 4) is 0 Å². The highest BCUT2D eigenvalue weighted by molar-refractivity contribution is 7.92. The molecule has 0 amide bonds. The zero-order valence-electron chi connectivity index (χ0n) is 10.5. The molecule has 96 valence electrons. The molecule has 1 aromatic carbocycles. The van der Waals surface area contributed by atoms with Gasteiger partial charge in [0.25, 0.3) is 0 Å². The van der Waals surface area contributed by atoms with E-state index in [1.807, 2.05) is 0 Å². The Hall–Kier alpha value is -0.800. The number of para-hydroxylation sites is 1. The van der Waals surface area contributed by atoms with Crippen LogP contribution in [-0.4, -0.2) is 27.0 Å². The van der Waals surface area contributed by atoms with E-state index in [4.69, 9.17) is 0 Å². The molecule has 0 unspecified atom stereocenters. The second-order valence-corrected chi connectivity index (χ2v) is 9.95. The van der Waals surface area contributed by atoms with Gasteiger partial charge < -0.3 is 9.65 Å². The van der Waals surface area contributed by atoms with E-state index in [-0.39, 0.29) is 4.90 Å². The number of hydrogen-bond donors (Lipinski definition) is 1. The first-order valence-corrected chi connectivity index (χ1v) is 9.45. The first kappa shape index (κ1) is 14.3. The maximum Gasteiger partial charge on any atom is 0.182 e. The van der Waals surface area contributed by atoms with Gasteiger partial charge >= 0.3 is 0 Å². The minimum absolute atomic E-state index is 0.207. The fourth-order valence-electron chi connectivity index (χ4n) is 1.35. The van der Waals surface area contributed by atoms with Crippen LogP contribution in [0.5, 0.6) is 0 Å². The van der Waals surface area contributed by atoms with Crippen molar-refractivity contribution in [1.29, 1.82) is 0 Å². The lowest BCUT2D eigenvalue weighted by molar-refractivity contribution is 0.585. The topological polar surface area (TPSA) is 63.2 Å². The van der Waals surface area contributed by atoms with Crippen LogP contribution in [0.25, 0.3) is 0 Å². The van der Waals surface area contributed by atoms with Crippen LogP contribution in [0.3, 0.4) is 0 Å². The molecule has 0 radical (unpaired) electrons. The molecule has 0 aliphatic heterocycles. The molecule has 1 aromatic rings. The monoisotopic (exact) mass is 275 g/mol. The van der Waals surface area contributed by atoms with Crippen LogP contribution in [0.1, 0.15) is 13.8 Å². The molecular formula is C11H18NO3PS. The van der Waals surface area contributed by atoms with Crippen molar-refractivity contribution >= 4 is 22.8 Å². The summed E-state index contributed by atoms with van der Waals surface area (Å²) >= 11 is 0. The van der Waals surface area contributed by atoms with E-state index in [0.29, 0.717) is 5.69 Å². The van der Waals surface area contributed by atoms with Gasteiger partial charge in [-0.05, 0) is 26.0 Å². The number of benzene rings is 1. The number of hydrogen-bond acceptors (Lipinski definition) is 3.